The van der Waals surface area contributed by atoms with Gasteiger partial charge in [-0.05, 0) is 24.7 Å². The fourth-order valence-electron chi connectivity index (χ4n) is 1.48. The van der Waals surface area contributed by atoms with Crippen molar-refractivity contribution < 1.29 is 0 Å². The van der Waals surface area contributed by atoms with E-state index < -0.39 is 0 Å². The van der Waals surface area contributed by atoms with Crippen molar-refractivity contribution in [3.8, 4) is 0 Å². The molecule has 0 spiro atoms. The van der Waals surface area contributed by atoms with Gasteiger partial charge < -0.3 is 5.73 Å². The number of nitrogens with two attached hydrogens (primary N) is 1. The highest BCUT2D eigenvalue weighted by Crippen LogP contribution is 2.03. The Morgan fingerprint density at radius 1 is 1.00 bits per heavy atom. The molecule has 0 aliphatic carbocycles. The Hall–Kier alpha value is -1.81. The second-order valence-electron chi connectivity index (χ2n) is 3.50. The van der Waals surface area contributed by atoms with Crippen LogP contribution in [0, 0.1) is 0 Å². The predicted octanol–water partition coefficient (Wildman–Crippen LogP) is 0.964. The van der Waals surface area contributed by atoms with Crippen molar-refractivity contribution in [3.05, 3.63) is 53.9 Å². The first kappa shape index (κ1) is 10.7. The van der Waals surface area contributed by atoms with Crippen LogP contribution in [0.5, 0.6) is 0 Å². The van der Waals surface area contributed by atoms with Crippen molar-refractivity contribution in [1.29, 1.82) is 0 Å². The molecule has 0 aromatic carbocycles. The van der Waals surface area contributed by atoms with Crippen molar-refractivity contribution in [2.75, 3.05) is 6.54 Å². The topological polar surface area (TPSA) is 64.7 Å². The van der Waals surface area contributed by atoms with Crippen LogP contribution in [-0.4, -0.2) is 21.5 Å². The molecule has 82 valence electrons. The van der Waals surface area contributed by atoms with Crippen molar-refractivity contribution in [1.82, 2.24) is 15.0 Å². The van der Waals surface area contributed by atoms with Gasteiger partial charge in [-0.25, -0.2) is 9.97 Å². The summed E-state index contributed by atoms with van der Waals surface area (Å²) in [6.45, 7) is 0.611. The van der Waals surface area contributed by atoms with Gasteiger partial charge in [0.15, 0.2) is 0 Å². The van der Waals surface area contributed by atoms with E-state index in [1.54, 1.807) is 12.4 Å². The van der Waals surface area contributed by atoms with E-state index in [0.717, 1.165) is 23.6 Å². The third-order valence-electron chi connectivity index (χ3n) is 2.23. The van der Waals surface area contributed by atoms with Crippen molar-refractivity contribution >= 4 is 0 Å². The molecule has 2 aromatic rings. The van der Waals surface area contributed by atoms with Crippen molar-refractivity contribution in [3.63, 3.8) is 0 Å². The first-order chi connectivity index (χ1) is 7.88. The largest absolute Gasteiger partial charge is 0.330 e. The van der Waals surface area contributed by atoms with Crippen LogP contribution in [0.25, 0.3) is 0 Å². The van der Waals surface area contributed by atoms with Gasteiger partial charge in [-0.15, -0.1) is 0 Å². The normalized spacial score (nSPS) is 10.3. The summed E-state index contributed by atoms with van der Waals surface area (Å²) in [5.41, 5.74) is 7.46. The Bertz CT molecular complexity index is 442. The van der Waals surface area contributed by atoms with E-state index in [2.05, 4.69) is 15.0 Å². The number of pyridine rings is 1. The number of rotatable bonds is 4. The molecule has 2 N–H and O–H groups in total. The number of hydrogen-bond acceptors (Lipinski definition) is 4. The SMILES string of the molecule is NCCc1ccnc(Cc2ccccn2)n1. The summed E-state index contributed by atoms with van der Waals surface area (Å²) in [6.07, 6.45) is 5.01. The molecule has 0 fully saturated rings. The van der Waals surface area contributed by atoms with E-state index in [0.29, 0.717) is 13.0 Å². The standard InChI is InChI=1S/C12H14N4/c13-6-4-10-5-8-15-12(16-10)9-11-3-1-2-7-14-11/h1-3,5,7-8H,4,6,9,13H2. The van der Waals surface area contributed by atoms with Gasteiger partial charge in [0, 0.05) is 30.2 Å². The highest BCUT2D eigenvalue weighted by molar-refractivity contribution is 5.11. The first-order valence-corrected chi connectivity index (χ1v) is 5.29. The molecule has 4 heteroatoms. The Labute approximate surface area is 94.6 Å². The Morgan fingerprint density at radius 2 is 1.94 bits per heavy atom. The van der Waals surface area contributed by atoms with E-state index in [4.69, 9.17) is 5.73 Å². The average Bonchev–Trinajstić information content (AvgIpc) is 2.31. The predicted molar refractivity (Wildman–Crippen MR) is 61.8 cm³/mol. The highest BCUT2D eigenvalue weighted by atomic mass is 14.9. The molecule has 0 bridgehead atoms. The van der Waals surface area contributed by atoms with Gasteiger partial charge in [0.25, 0.3) is 0 Å². The van der Waals surface area contributed by atoms with Crippen LogP contribution < -0.4 is 5.73 Å². The maximum Gasteiger partial charge on any atom is 0.134 e. The molecule has 0 aliphatic heterocycles. The summed E-state index contributed by atoms with van der Waals surface area (Å²) in [4.78, 5) is 12.9. The lowest BCUT2D eigenvalue weighted by Crippen LogP contribution is -2.07. The summed E-state index contributed by atoms with van der Waals surface area (Å²) in [5, 5.41) is 0. The third kappa shape index (κ3) is 2.84. The molecule has 16 heavy (non-hydrogen) atoms. The van der Waals surface area contributed by atoms with E-state index in [9.17, 15) is 0 Å². The van der Waals surface area contributed by atoms with Gasteiger partial charge in [0.1, 0.15) is 5.82 Å². The molecule has 0 radical (unpaired) electrons. The lowest BCUT2D eigenvalue weighted by Gasteiger charge is -2.02. The van der Waals surface area contributed by atoms with Crippen LogP contribution in [-0.2, 0) is 12.8 Å². The molecule has 4 nitrogen and oxygen atoms in total. The molecule has 0 amide bonds. The molecule has 0 saturated heterocycles. The molecule has 0 atom stereocenters. The summed E-state index contributed by atoms with van der Waals surface area (Å²) in [7, 11) is 0. The van der Waals surface area contributed by atoms with Crippen LogP contribution in [0.4, 0.5) is 0 Å². The minimum atomic E-state index is 0.611. The van der Waals surface area contributed by atoms with Crippen LogP contribution >= 0.6 is 0 Å². The van der Waals surface area contributed by atoms with Crippen molar-refractivity contribution in [2.24, 2.45) is 5.73 Å². The summed E-state index contributed by atoms with van der Waals surface area (Å²) < 4.78 is 0. The molecular weight excluding hydrogens is 200 g/mol. The number of aromatic nitrogens is 3. The quantitative estimate of drug-likeness (QED) is 0.823. The minimum Gasteiger partial charge on any atom is -0.330 e. The van der Waals surface area contributed by atoms with Gasteiger partial charge in [-0.1, -0.05) is 6.07 Å². The average molecular weight is 214 g/mol. The molecule has 2 heterocycles. The van der Waals surface area contributed by atoms with Gasteiger partial charge in [0.05, 0.1) is 6.42 Å². The maximum atomic E-state index is 5.49. The molecule has 2 aromatic heterocycles. The Kier molecular flexibility index (Phi) is 3.56. The second-order valence-corrected chi connectivity index (χ2v) is 3.50. The third-order valence-corrected chi connectivity index (χ3v) is 2.23. The van der Waals surface area contributed by atoms with E-state index in [-0.39, 0.29) is 0 Å². The summed E-state index contributed by atoms with van der Waals surface area (Å²) in [5.74, 6) is 0.796. The Morgan fingerprint density at radius 3 is 2.69 bits per heavy atom. The lowest BCUT2D eigenvalue weighted by atomic mass is 10.2. The van der Waals surface area contributed by atoms with E-state index in [1.807, 2.05) is 24.3 Å². The van der Waals surface area contributed by atoms with Crippen LogP contribution in [0.2, 0.25) is 0 Å². The fourth-order valence-corrected chi connectivity index (χ4v) is 1.48. The fraction of sp³-hybridized carbons (Fsp3) is 0.250. The van der Waals surface area contributed by atoms with E-state index in [1.165, 1.54) is 0 Å². The van der Waals surface area contributed by atoms with Gasteiger partial charge in [-0.3, -0.25) is 4.98 Å². The summed E-state index contributed by atoms with van der Waals surface area (Å²) >= 11 is 0. The van der Waals surface area contributed by atoms with Crippen LogP contribution in [0.3, 0.4) is 0 Å². The zero-order valence-electron chi connectivity index (χ0n) is 9.00. The lowest BCUT2D eigenvalue weighted by molar-refractivity contribution is 0.857. The zero-order chi connectivity index (χ0) is 11.2. The van der Waals surface area contributed by atoms with Crippen LogP contribution in [0.15, 0.2) is 36.7 Å². The maximum absolute atomic E-state index is 5.49. The zero-order valence-corrected chi connectivity index (χ0v) is 9.00. The number of nitrogens with zero attached hydrogens (tertiary/aromatic N) is 3. The molecular formula is C12H14N4. The van der Waals surface area contributed by atoms with Gasteiger partial charge >= 0.3 is 0 Å². The van der Waals surface area contributed by atoms with Gasteiger partial charge in [0.2, 0.25) is 0 Å². The van der Waals surface area contributed by atoms with Gasteiger partial charge in [-0.2, -0.15) is 0 Å². The molecule has 2 rings (SSSR count). The Balaban J connectivity index is 2.12. The second kappa shape index (κ2) is 5.32. The highest BCUT2D eigenvalue weighted by Gasteiger charge is 2.01. The molecule has 0 aliphatic rings. The van der Waals surface area contributed by atoms with E-state index >= 15 is 0 Å². The van der Waals surface area contributed by atoms with Crippen molar-refractivity contribution in [2.45, 2.75) is 12.8 Å². The molecule has 0 unspecified atom stereocenters. The first-order valence-electron chi connectivity index (χ1n) is 5.29. The monoisotopic (exact) mass is 214 g/mol. The van der Waals surface area contributed by atoms with Crippen LogP contribution in [0.1, 0.15) is 17.2 Å². The minimum absolute atomic E-state index is 0.611. The number of hydrogen-bond donors (Lipinski definition) is 1. The summed E-state index contributed by atoms with van der Waals surface area (Å²) in [6, 6.07) is 7.73. The smallest absolute Gasteiger partial charge is 0.134 e. The molecule has 0 saturated carbocycles.